The van der Waals surface area contributed by atoms with Crippen LogP contribution in [0, 0.1) is 0 Å². The topological polar surface area (TPSA) is 43.4 Å². The van der Waals surface area contributed by atoms with Gasteiger partial charge in [-0.3, -0.25) is 0 Å². The fourth-order valence-electron chi connectivity index (χ4n) is 4.10. The van der Waals surface area contributed by atoms with E-state index in [0.29, 0.717) is 22.6 Å². The van der Waals surface area contributed by atoms with Gasteiger partial charge in [0.05, 0.1) is 10.6 Å². The summed E-state index contributed by atoms with van der Waals surface area (Å²) in [6, 6.07) is 0. The first kappa shape index (κ1) is 15.6. The van der Waals surface area contributed by atoms with Gasteiger partial charge in [0.2, 0.25) is 0 Å². The lowest BCUT2D eigenvalue weighted by Crippen LogP contribution is -2.08. The van der Waals surface area contributed by atoms with Crippen molar-refractivity contribution in [1.29, 1.82) is 0 Å². The standard InChI is InChI=1S/C16H24O3P2/c1-9-5-6-10(2)20(9)13-14(16(18)19-15(13)17)21-11(3)7-8-12(21)4/h9-12H,5-8H2,1-4H3/t9-,10-,11-,12?,21?/m1/s1. The first-order valence-electron chi connectivity index (χ1n) is 7.99. The van der Waals surface area contributed by atoms with Gasteiger partial charge in [0.25, 0.3) is 0 Å². The highest BCUT2D eigenvalue weighted by molar-refractivity contribution is 7.70. The van der Waals surface area contributed by atoms with Crippen LogP contribution in [0.25, 0.3) is 0 Å². The van der Waals surface area contributed by atoms with E-state index in [2.05, 4.69) is 27.7 Å². The van der Waals surface area contributed by atoms with Gasteiger partial charge >= 0.3 is 11.9 Å². The molecule has 0 N–H and O–H groups in total. The maximum Gasteiger partial charge on any atom is 0.347 e. The van der Waals surface area contributed by atoms with Crippen molar-refractivity contribution in [2.45, 2.75) is 76.0 Å². The lowest BCUT2D eigenvalue weighted by molar-refractivity contribution is -0.150. The summed E-state index contributed by atoms with van der Waals surface area (Å²) in [6.07, 6.45) is 4.70. The highest BCUT2D eigenvalue weighted by atomic mass is 31.1. The number of hydrogen-bond donors (Lipinski definition) is 0. The van der Waals surface area contributed by atoms with Gasteiger partial charge in [-0.15, -0.1) is 0 Å². The third-order valence-corrected chi connectivity index (χ3v) is 12.1. The summed E-state index contributed by atoms with van der Waals surface area (Å²) in [5.74, 6) is -0.619. The van der Waals surface area contributed by atoms with E-state index in [1.165, 1.54) is 25.7 Å². The Morgan fingerprint density at radius 3 is 1.29 bits per heavy atom. The summed E-state index contributed by atoms with van der Waals surface area (Å²) >= 11 is 0. The van der Waals surface area contributed by atoms with Gasteiger partial charge in [0.1, 0.15) is 0 Å². The van der Waals surface area contributed by atoms with Crippen LogP contribution >= 0.6 is 15.8 Å². The molecule has 2 unspecified atom stereocenters. The molecule has 0 radical (unpaired) electrons. The molecule has 0 aromatic rings. The van der Waals surface area contributed by atoms with E-state index in [-0.39, 0.29) is 11.9 Å². The van der Waals surface area contributed by atoms with Crippen molar-refractivity contribution in [3.8, 4) is 0 Å². The zero-order valence-electron chi connectivity index (χ0n) is 13.3. The first-order chi connectivity index (χ1) is 9.91. The Kier molecular flexibility index (Phi) is 4.27. The molecule has 21 heavy (non-hydrogen) atoms. The molecule has 0 aromatic heterocycles. The molecule has 0 aliphatic carbocycles. The van der Waals surface area contributed by atoms with Crippen molar-refractivity contribution in [3.05, 3.63) is 10.6 Å². The van der Waals surface area contributed by atoms with E-state index >= 15 is 0 Å². The van der Waals surface area contributed by atoms with Crippen LogP contribution in [-0.4, -0.2) is 34.6 Å². The largest absolute Gasteiger partial charge is 0.386 e. The Balaban J connectivity index is 2.07. The van der Waals surface area contributed by atoms with Crippen molar-refractivity contribution in [2.24, 2.45) is 0 Å². The minimum Gasteiger partial charge on any atom is -0.386 e. The molecular formula is C16H24O3P2. The molecule has 116 valence electrons. The highest BCUT2D eigenvalue weighted by Gasteiger charge is 2.48. The highest BCUT2D eigenvalue weighted by Crippen LogP contribution is 2.70. The zero-order valence-corrected chi connectivity index (χ0v) is 15.0. The van der Waals surface area contributed by atoms with E-state index < -0.39 is 15.8 Å². The molecule has 2 fully saturated rings. The fraction of sp³-hybridized carbons (Fsp3) is 0.750. The van der Waals surface area contributed by atoms with Crippen molar-refractivity contribution in [2.75, 3.05) is 0 Å². The predicted molar refractivity (Wildman–Crippen MR) is 88.3 cm³/mol. The molecule has 0 spiro atoms. The molecule has 3 rings (SSSR count). The SMILES string of the molecule is CC1CC[C@@H](C)P1C1=C(P2[C@H](C)CC[C@H]2C)C(=O)OC1=O. The third-order valence-electron chi connectivity index (χ3n) is 5.22. The van der Waals surface area contributed by atoms with Crippen LogP contribution in [0.2, 0.25) is 0 Å². The molecule has 0 bridgehead atoms. The lowest BCUT2D eigenvalue weighted by atomic mass is 10.2. The molecule has 3 aliphatic heterocycles. The van der Waals surface area contributed by atoms with Crippen molar-refractivity contribution < 1.29 is 14.3 Å². The summed E-state index contributed by atoms with van der Waals surface area (Å²) in [5.41, 5.74) is 2.17. The van der Waals surface area contributed by atoms with Crippen LogP contribution in [0.5, 0.6) is 0 Å². The lowest BCUT2D eigenvalue weighted by Gasteiger charge is -2.25. The molecule has 3 aliphatic rings. The van der Waals surface area contributed by atoms with Gasteiger partial charge in [0, 0.05) is 0 Å². The number of ether oxygens (including phenoxy) is 1. The van der Waals surface area contributed by atoms with Gasteiger partial charge in [-0.05, 0) is 48.3 Å². The molecule has 2 saturated heterocycles. The number of hydrogen-bond acceptors (Lipinski definition) is 3. The van der Waals surface area contributed by atoms with E-state index in [1.807, 2.05) is 0 Å². The minimum atomic E-state index is -0.528. The van der Waals surface area contributed by atoms with E-state index in [0.717, 1.165) is 10.6 Å². The number of esters is 2. The Labute approximate surface area is 129 Å². The Morgan fingerprint density at radius 1 is 0.714 bits per heavy atom. The molecule has 0 amide bonds. The fourth-order valence-corrected chi connectivity index (χ4v) is 11.2. The Hall–Kier alpha value is -0.260. The van der Waals surface area contributed by atoms with Crippen molar-refractivity contribution in [1.82, 2.24) is 0 Å². The van der Waals surface area contributed by atoms with Crippen LogP contribution in [-0.2, 0) is 14.3 Å². The van der Waals surface area contributed by atoms with Gasteiger partial charge < -0.3 is 4.74 Å². The van der Waals surface area contributed by atoms with Crippen LogP contribution < -0.4 is 0 Å². The number of carbonyl (C=O) groups is 2. The summed E-state index contributed by atoms with van der Waals surface area (Å²) in [4.78, 5) is 24.7. The van der Waals surface area contributed by atoms with E-state index in [1.54, 1.807) is 0 Å². The molecule has 0 aromatic carbocycles. The summed E-state index contributed by atoms with van der Waals surface area (Å²) in [6.45, 7) is 8.96. The normalized spacial score (nSPS) is 41.2. The molecule has 3 heterocycles. The minimum absolute atomic E-state index is 0.310. The number of rotatable bonds is 2. The molecule has 5 atom stereocenters. The zero-order chi connectivity index (χ0) is 15.3. The monoisotopic (exact) mass is 326 g/mol. The second-order valence-corrected chi connectivity index (χ2v) is 12.8. The maximum absolute atomic E-state index is 12.4. The van der Waals surface area contributed by atoms with Gasteiger partial charge in [0.15, 0.2) is 0 Å². The average molecular weight is 326 g/mol. The van der Waals surface area contributed by atoms with E-state index in [4.69, 9.17) is 4.74 Å². The van der Waals surface area contributed by atoms with Crippen LogP contribution in [0.3, 0.4) is 0 Å². The smallest absolute Gasteiger partial charge is 0.347 e. The number of cyclic esters (lactones) is 2. The van der Waals surface area contributed by atoms with Crippen molar-refractivity contribution in [3.63, 3.8) is 0 Å². The van der Waals surface area contributed by atoms with Crippen LogP contribution in [0.1, 0.15) is 53.4 Å². The quantitative estimate of drug-likeness (QED) is 0.429. The summed E-state index contributed by atoms with van der Waals surface area (Å²) in [5, 5.41) is 1.67. The third kappa shape index (κ3) is 2.51. The van der Waals surface area contributed by atoms with Gasteiger partial charge in [-0.25, -0.2) is 9.59 Å². The molecule has 0 saturated carbocycles. The van der Waals surface area contributed by atoms with E-state index in [9.17, 15) is 9.59 Å². The molecule has 5 heteroatoms. The molecule has 3 nitrogen and oxygen atoms in total. The first-order valence-corrected chi connectivity index (χ1v) is 10.9. The second kappa shape index (κ2) is 5.74. The average Bonchev–Trinajstić information content (AvgIpc) is 3.00. The molecular weight excluding hydrogens is 302 g/mol. The Bertz CT molecular complexity index is 450. The van der Waals surface area contributed by atoms with Crippen LogP contribution in [0.15, 0.2) is 10.6 Å². The predicted octanol–water partition coefficient (Wildman–Crippen LogP) is 4.39. The summed E-state index contributed by atoms with van der Waals surface area (Å²) < 4.78 is 5.09. The Morgan fingerprint density at radius 2 is 1.00 bits per heavy atom. The second-order valence-electron chi connectivity index (χ2n) is 6.74. The summed E-state index contributed by atoms with van der Waals surface area (Å²) in [7, 11) is -1.06. The van der Waals surface area contributed by atoms with Gasteiger partial charge in [-0.1, -0.05) is 43.5 Å². The number of carbonyl (C=O) groups excluding carboxylic acids is 2. The maximum atomic E-state index is 12.4. The van der Waals surface area contributed by atoms with Gasteiger partial charge in [-0.2, -0.15) is 0 Å². The van der Waals surface area contributed by atoms with Crippen LogP contribution in [0.4, 0.5) is 0 Å². The van der Waals surface area contributed by atoms with Crippen molar-refractivity contribution >= 4 is 27.8 Å².